The van der Waals surface area contributed by atoms with E-state index in [2.05, 4.69) is 40.5 Å². The molecule has 1 aliphatic rings. The number of rotatable bonds is 5. The van der Waals surface area contributed by atoms with E-state index >= 15 is 0 Å². The van der Waals surface area contributed by atoms with Crippen LogP contribution < -0.4 is 5.32 Å². The fourth-order valence-corrected chi connectivity index (χ4v) is 5.28. The molecule has 0 atom stereocenters. The molecule has 3 aromatic carbocycles. The van der Waals surface area contributed by atoms with Crippen molar-refractivity contribution in [2.45, 2.75) is 18.4 Å². The maximum Gasteiger partial charge on any atom is 0.414 e. The fraction of sp³-hybridized carbons (Fsp3) is 0.240. The second-order valence-corrected chi connectivity index (χ2v) is 10.1. The number of carboxylic acid groups (broad SMARTS) is 2. The Kier molecular flexibility index (Phi) is 8.75. The molecule has 11 heteroatoms. The minimum absolute atomic E-state index is 0.187. The molecule has 1 amide bonds. The third-order valence-corrected chi connectivity index (χ3v) is 7.51. The highest BCUT2D eigenvalue weighted by Crippen LogP contribution is 2.23. The number of aliphatic carboxylic acids is 2. The number of carbonyl (C=O) groups is 3. The van der Waals surface area contributed by atoms with E-state index < -0.39 is 22.0 Å². The number of piperazine rings is 1. The number of fused-ring (bicyclic) bond motifs is 1. The van der Waals surface area contributed by atoms with Crippen LogP contribution in [0.3, 0.4) is 0 Å². The molecule has 0 bridgehead atoms. The second-order valence-electron chi connectivity index (χ2n) is 8.13. The van der Waals surface area contributed by atoms with Crippen LogP contribution in [0.1, 0.15) is 12.5 Å². The van der Waals surface area contributed by atoms with Crippen molar-refractivity contribution >= 4 is 44.3 Å². The lowest BCUT2D eigenvalue weighted by atomic mass is 10.0. The van der Waals surface area contributed by atoms with E-state index in [4.69, 9.17) is 19.8 Å². The third-order valence-electron chi connectivity index (χ3n) is 5.60. The molecule has 1 saturated heterocycles. The lowest BCUT2D eigenvalue weighted by molar-refractivity contribution is -0.159. The van der Waals surface area contributed by atoms with Crippen LogP contribution in [-0.2, 0) is 31.0 Å². The number of anilines is 1. The first-order valence-electron chi connectivity index (χ1n) is 11.1. The van der Waals surface area contributed by atoms with Crippen molar-refractivity contribution < 1.29 is 33.0 Å². The zero-order valence-corrected chi connectivity index (χ0v) is 20.4. The predicted octanol–water partition coefficient (Wildman–Crippen LogP) is 2.46. The largest absolute Gasteiger partial charge is 0.473 e. The van der Waals surface area contributed by atoms with E-state index in [0.29, 0.717) is 31.9 Å². The summed E-state index contributed by atoms with van der Waals surface area (Å²) in [5.41, 5.74) is 1.85. The Hall–Kier alpha value is -3.80. The van der Waals surface area contributed by atoms with Gasteiger partial charge in [-0.1, -0.05) is 42.5 Å². The van der Waals surface area contributed by atoms with Gasteiger partial charge in [0.25, 0.3) is 0 Å². The fourth-order valence-electron chi connectivity index (χ4n) is 3.86. The Morgan fingerprint density at radius 2 is 1.42 bits per heavy atom. The Morgan fingerprint density at radius 3 is 2.00 bits per heavy atom. The number of nitrogens with zero attached hydrogens (tertiary/aromatic N) is 2. The molecule has 1 aliphatic heterocycles. The molecule has 10 nitrogen and oxygen atoms in total. The van der Waals surface area contributed by atoms with Crippen LogP contribution in [0, 0.1) is 0 Å². The number of carbonyl (C=O) groups excluding carboxylic acids is 1. The van der Waals surface area contributed by atoms with E-state index in [-0.39, 0.29) is 10.8 Å². The zero-order valence-electron chi connectivity index (χ0n) is 19.6. The van der Waals surface area contributed by atoms with E-state index in [1.807, 2.05) is 12.1 Å². The van der Waals surface area contributed by atoms with Crippen molar-refractivity contribution in [3.05, 3.63) is 72.3 Å². The number of nitrogens with one attached hydrogen (secondary N) is 1. The molecule has 0 aromatic heterocycles. The number of hydrogen-bond donors (Lipinski definition) is 3. The maximum atomic E-state index is 13.0. The summed E-state index contributed by atoms with van der Waals surface area (Å²) in [6.45, 7) is 4.52. The van der Waals surface area contributed by atoms with Gasteiger partial charge in [0, 0.05) is 45.3 Å². The first-order chi connectivity index (χ1) is 17.1. The van der Waals surface area contributed by atoms with E-state index in [0.717, 1.165) is 6.54 Å². The van der Waals surface area contributed by atoms with E-state index in [1.54, 1.807) is 28.6 Å². The quantitative estimate of drug-likeness (QED) is 0.441. The lowest BCUT2D eigenvalue weighted by Gasteiger charge is -2.34. The second kappa shape index (κ2) is 11.8. The molecule has 4 rings (SSSR count). The van der Waals surface area contributed by atoms with Crippen LogP contribution in [0.15, 0.2) is 71.6 Å². The minimum atomic E-state index is -3.54. The molecule has 0 radical (unpaired) electrons. The molecule has 3 aromatic rings. The summed E-state index contributed by atoms with van der Waals surface area (Å²) in [6, 6.07) is 21.0. The first-order valence-corrected chi connectivity index (χ1v) is 12.5. The zero-order chi connectivity index (χ0) is 26.3. The van der Waals surface area contributed by atoms with Crippen molar-refractivity contribution in [3.63, 3.8) is 0 Å². The third kappa shape index (κ3) is 6.87. The maximum absolute atomic E-state index is 13.0. The van der Waals surface area contributed by atoms with E-state index in [9.17, 15) is 13.2 Å². The summed E-state index contributed by atoms with van der Waals surface area (Å²) in [5.74, 6) is -3.84. The molecule has 0 unspecified atom stereocenters. The average molecular weight is 514 g/mol. The molecule has 1 fully saturated rings. The van der Waals surface area contributed by atoms with Gasteiger partial charge in [0.2, 0.25) is 15.9 Å². The molecule has 1 heterocycles. The van der Waals surface area contributed by atoms with Crippen LogP contribution >= 0.6 is 0 Å². The molecule has 0 aliphatic carbocycles. The van der Waals surface area contributed by atoms with Crippen LogP contribution in [0.5, 0.6) is 0 Å². The molecule has 0 saturated carbocycles. The normalized spacial score (nSPS) is 14.5. The Bertz CT molecular complexity index is 1330. The molecular weight excluding hydrogens is 486 g/mol. The minimum Gasteiger partial charge on any atom is -0.473 e. The highest BCUT2D eigenvalue weighted by atomic mass is 32.2. The highest BCUT2D eigenvalue weighted by molar-refractivity contribution is 7.89. The van der Waals surface area contributed by atoms with Gasteiger partial charge in [0.1, 0.15) is 0 Å². The topological polar surface area (TPSA) is 144 Å². The Morgan fingerprint density at radius 1 is 0.833 bits per heavy atom. The van der Waals surface area contributed by atoms with Crippen molar-refractivity contribution in [3.8, 4) is 0 Å². The van der Waals surface area contributed by atoms with Gasteiger partial charge in [-0.25, -0.2) is 18.0 Å². The average Bonchev–Trinajstić information content (AvgIpc) is 2.85. The van der Waals surface area contributed by atoms with Gasteiger partial charge >= 0.3 is 11.9 Å². The smallest absolute Gasteiger partial charge is 0.414 e. The van der Waals surface area contributed by atoms with E-state index in [1.165, 1.54) is 23.3 Å². The van der Waals surface area contributed by atoms with Gasteiger partial charge in [0.05, 0.1) is 4.90 Å². The molecule has 36 heavy (non-hydrogen) atoms. The Balaban J connectivity index is 0.000000538. The van der Waals surface area contributed by atoms with Crippen molar-refractivity contribution in [1.29, 1.82) is 0 Å². The highest BCUT2D eigenvalue weighted by Gasteiger charge is 2.28. The number of carboxylic acids is 2. The van der Waals surface area contributed by atoms with Gasteiger partial charge in [0.15, 0.2) is 0 Å². The monoisotopic (exact) mass is 513 g/mol. The summed E-state index contributed by atoms with van der Waals surface area (Å²) in [6.07, 6.45) is 0. The van der Waals surface area contributed by atoms with Crippen LogP contribution in [0.25, 0.3) is 10.8 Å². The summed E-state index contributed by atoms with van der Waals surface area (Å²) < 4.78 is 27.5. The van der Waals surface area contributed by atoms with Crippen molar-refractivity contribution in [2.75, 3.05) is 31.5 Å². The SMILES string of the molecule is CC(=O)Nc1ccc(S(=O)(=O)N2CCN(Cc3cccc4ccccc34)CC2)cc1.O=C(O)C(=O)O. The molecule has 190 valence electrons. The van der Waals surface area contributed by atoms with Crippen molar-refractivity contribution in [2.24, 2.45) is 0 Å². The molecule has 3 N–H and O–H groups in total. The van der Waals surface area contributed by atoms with Crippen LogP contribution in [-0.4, -0.2) is 71.9 Å². The number of benzene rings is 3. The summed E-state index contributed by atoms with van der Waals surface area (Å²) in [7, 11) is -3.54. The van der Waals surface area contributed by atoms with Crippen molar-refractivity contribution in [1.82, 2.24) is 9.21 Å². The first kappa shape index (κ1) is 26.8. The molecule has 0 spiro atoms. The number of hydrogen-bond acceptors (Lipinski definition) is 6. The predicted molar refractivity (Wildman–Crippen MR) is 134 cm³/mol. The number of amides is 1. The van der Waals surface area contributed by atoms with Gasteiger partial charge < -0.3 is 15.5 Å². The molecular formula is C25H27N3O7S. The Labute approximate surface area is 208 Å². The standard InChI is InChI=1S/C23H25N3O3S.C2H2O4/c1-18(27)24-21-9-11-22(12-10-21)30(28,29)26-15-13-25(14-16-26)17-20-7-4-6-19-5-2-3-8-23(19)20;3-1(4)2(5)6/h2-12H,13-17H2,1H3,(H,24,27);(H,3,4)(H,5,6). The van der Waals surface area contributed by atoms with Gasteiger partial charge in [-0.15, -0.1) is 0 Å². The summed E-state index contributed by atoms with van der Waals surface area (Å²) in [4.78, 5) is 31.9. The van der Waals surface area contributed by atoms with Crippen LogP contribution in [0.4, 0.5) is 5.69 Å². The summed E-state index contributed by atoms with van der Waals surface area (Å²) >= 11 is 0. The van der Waals surface area contributed by atoms with Crippen LogP contribution in [0.2, 0.25) is 0 Å². The van der Waals surface area contributed by atoms with Gasteiger partial charge in [-0.3, -0.25) is 9.69 Å². The lowest BCUT2D eigenvalue weighted by Crippen LogP contribution is -2.48. The van der Waals surface area contributed by atoms with Gasteiger partial charge in [-0.05, 0) is 40.6 Å². The van der Waals surface area contributed by atoms with Gasteiger partial charge in [-0.2, -0.15) is 4.31 Å². The summed E-state index contributed by atoms with van der Waals surface area (Å²) in [5, 5.41) is 19.9. The number of sulfonamides is 1.